The van der Waals surface area contributed by atoms with Crippen LogP contribution < -0.4 is 5.32 Å². The Balaban J connectivity index is 2.02. The van der Waals surface area contributed by atoms with E-state index < -0.39 is 4.92 Å². The molecule has 3 aromatic rings. The van der Waals surface area contributed by atoms with Gasteiger partial charge in [-0.15, -0.1) is 11.3 Å². The molecule has 100 valence electrons. The monoisotopic (exact) mass is 307 g/mol. The van der Waals surface area contributed by atoms with Crippen LogP contribution >= 0.6 is 22.9 Å². The SMILES string of the molecule is O=[N+]([O-])c1c(Cl)ncnc1Nc1ccc2ncsc2c1. The first-order chi connectivity index (χ1) is 9.65. The summed E-state index contributed by atoms with van der Waals surface area (Å²) >= 11 is 7.21. The summed E-state index contributed by atoms with van der Waals surface area (Å²) in [6, 6.07) is 5.43. The molecule has 7 nitrogen and oxygen atoms in total. The molecule has 0 bridgehead atoms. The highest BCUT2D eigenvalue weighted by Crippen LogP contribution is 2.31. The van der Waals surface area contributed by atoms with Gasteiger partial charge in [-0.25, -0.2) is 15.0 Å². The van der Waals surface area contributed by atoms with Crippen LogP contribution in [-0.2, 0) is 0 Å². The molecule has 0 radical (unpaired) electrons. The molecule has 9 heteroatoms. The van der Waals surface area contributed by atoms with Crippen molar-refractivity contribution in [2.24, 2.45) is 0 Å². The number of hydrogen-bond donors (Lipinski definition) is 1. The van der Waals surface area contributed by atoms with Crippen LogP contribution in [-0.4, -0.2) is 19.9 Å². The maximum atomic E-state index is 11.0. The zero-order chi connectivity index (χ0) is 14.1. The van der Waals surface area contributed by atoms with Crippen LogP contribution in [0.15, 0.2) is 30.0 Å². The molecule has 1 N–H and O–H groups in total. The zero-order valence-electron chi connectivity index (χ0n) is 9.78. The maximum Gasteiger partial charge on any atom is 0.348 e. The average molecular weight is 308 g/mol. The molecule has 0 spiro atoms. The van der Waals surface area contributed by atoms with Crippen molar-refractivity contribution in [2.75, 3.05) is 5.32 Å². The van der Waals surface area contributed by atoms with E-state index in [-0.39, 0.29) is 16.7 Å². The van der Waals surface area contributed by atoms with Gasteiger partial charge < -0.3 is 5.32 Å². The van der Waals surface area contributed by atoms with Crippen molar-refractivity contribution >= 4 is 50.3 Å². The van der Waals surface area contributed by atoms with Gasteiger partial charge in [-0.3, -0.25) is 10.1 Å². The van der Waals surface area contributed by atoms with Crippen LogP contribution in [0.25, 0.3) is 10.2 Å². The number of nitrogens with one attached hydrogen (secondary N) is 1. The topological polar surface area (TPSA) is 93.8 Å². The predicted octanol–water partition coefficient (Wildman–Crippen LogP) is 3.39. The summed E-state index contributed by atoms with van der Waals surface area (Å²) in [7, 11) is 0. The summed E-state index contributed by atoms with van der Waals surface area (Å²) in [5.74, 6) is 0.0545. The molecule has 0 amide bonds. The van der Waals surface area contributed by atoms with Crippen molar-refractivity contribution in [2.45, 2.75) is 0 Å². The Bertz CT molecular complexity index is 806. The van der Waals surface area contributed by atoms with Crippen LogP contribution in [0.2, 0.25) is 5.15 Å². The second-order valence-corrected chi connectivity index (χ2v) is 5.02. The fourth-order valence-electron chi connectivity index (χ4n) is 1.68. The number of thiazole rings is 1. The molecule has 2 heterocycles. The van der Waals surface area contributed by atoms with Gasteiger partial charge in [0, 0.05) is 5.69 Å². The highest BCUT2D eigenvalue weighted by molar-refractivity contribution is 7.16. The summed E-state index contributed by atoms with van der Waals surface area (Å²) in [5.41, 5.74) is 2.92. The minimum Gasteiger partial charge on any atom is -0.334 e. The van der Waals surface area contributed by atoms with Crippen LogP contribution in [0.4, 0.5) is 17.2 Å². The summed E-state index contributed by atoms with van der Waals surface area (Å²) in [6.45, 7) is 0. The van der Waals surface area contributed by atoms with Gasteiger partial charge in [0.25, 0.3) is 0 Å². The van der Waals surface area contributed by atoms with E-state index in [0.717, 1.165) is 10.2 Å². The van der Waals surface area contributed by atoms with Crippen molar-refractivity contribution in [3.05, 3.63) is 45.3 Å². The normalized spacial score (nSPS) is 10.7. The molecule has 3 rings (SSSR count). The second-order valence-electron chi connectivity index (χ2n) is 3.78. The van der Waals surface area contributed by atoms with Gasteiger partial charge >= 0.3 is 5.69 Å². The van der Waals surface area contributed by atoms with Crippen molar-refractivity contribution in [1.29, 1.82) is 0 Å². The van der Waals surface area contributed by atoms with E-state index in [1.165, 1.54) is 17.7 Å². The number of halogens is 1. The summed E-state index contributed by atoms with van der Waals surface area (Å²) < 4.78 is 0.970. The Morgan fingerprint density at radius 1 is 1.30 bits per heavy atom. The first kappa shape index (κ1) is 12.7. The van der Waals surface area contributed by atoms with Crippen LogP contribution in [0.3, 0.4) is 0 Å². The minimum atomic E-state index is -0.615. The lowest BCUT2D eigenvalue weighted by molar-refractivity contribution is -0.384. The molecule has 1 aromatic carbocycles. The Morgan fingerprint density at radius 3 is 2.95 bits per heavy atom. The first-order valence-corrected chi connectivity index (χ1v) is 6.66. The number of rotatable bonds is 3. The highest BCUT2D eigenvalue weighted by atomic mass is 35.5. The number of nitrogens with zero attached hydrogens (tertiary/aromatic N) is 4. The van der Waals surface area contributed by atoms with Crippen molar-refractivity contribution < 1.29 is 4.92 Å². The molecule has 0 fully saturated rings. The molecule has 0 saturated carbocycles. The van der Waals surface area contributed by atoms with Gasteiger partial charge in [0.1, 0.15) is 6.33 Å². The van der Waals surface area contributed by atoms with E-state index in [0.29, 0.717) is 5.69 Å². The first-order valence-electron chi connectivity index (χ1n) is 5.40. The van der Waals surface area contributed by atoms with Gasteiger partial charge in [-0.05, 0) is 18.2 Å². The number of aromatic nitrogens is 3. The Kier molecular flexibility index (Phi) is 3.17. The smallest absolute Gasteiger partial charge is 0.334 e. The number of fused-ring (bicyclic) bond motifs is 1. The zero-order valence-corrected chi connectivity index (χ0v) is 11.4. The highest BCUT2D eigenvalue weighted by Gasteiger charge is 2.21. The Hall–Kier alpha value is -2.32. The van der Waals surface area contributed by atoms with Gasteiger partial charge in [0.05, 0.1) is 20.7 Å². The molecule has 0 aliphatic heterocycles. The Morgan fingerprint density at radius 2 is 2.15 bits per heavy atom. The fraction of sp³-hybridized carbons (Fsp3) is 0. The average Bonchev–Trinajstić information content (AvgIpc) is 2.85. The molecule has 0 aliphatic carbocycles. The number of hydrogen-bond acceptors (Lipinski definition) is 7. The molecule has 0 aliphatic rings. The fourth-order valence-corrected chi connectivity index (χ4v) is 2.60. The van der Waals surface area contributed by atoms with Gasteiger partial charge in [-0.2, -0.15) is 0 Å². The summed E-state index contributed by atoms with van der Waals surface area (Å²) in [4.78, 5) is 22.0. The van der Waals surface area contributed by atoms with Crippen LogP contribution in [0.1, 0.15) is 0 Å². The van der Waals surface area contributed by atoms with E-state index in [4.69, 9.17) is 11.6 Å². The molecule has 0 saturated heterocycles. The molecular weight excluding hydrogens is 302 g/mol. The lowest BCUT2D eigenvalue weighted by atomic mass is 10.3. The lowest BCUT2D eigenvalue weighted by Crippen LogP contribution is -2.01. The van der Waals surface area contributed by atoms with Crippen LogP contribution in [0.5, 0.6) is 0 Å². The van der Waals surface area contributed by atoms with E-state index in [1.807, 2.05) is 12.1 Å². The standard InChI is InChI=1S/C11H6ClN5O2S/c12-10-9(17(18)19)11(14-4-13-10)16-6-1-2-7-8(3-6)20-5-15-7/h1-5H,(H,13,14,16). The molecule has 0 atom stereocenters. The molecule has 0 unspecified atom stereocenters. The number of nitro groups is 1. The summed E-state index contributed by atoms with van der Waals surface area (Å²) in [6.07, 6.45) is 1.17. The summed E-state index contributed by atoms with van der Waals surface area (Å²) in [5, 5.41) is 13.7. The van der Waals surface area contributed by atoms with Crippen molar-refractivity contribution in [1.82, 2.24) is 15.0 Å². The maximum absolute atomic E-state index is 11.0. The van der Waals surface area contributed by atoms with Crippen molar-refractivity contribution in [3.63, 3.8) is 0 Å². The van der Waals surface area contributed by atoms with E-state index in [9.17, 15) is 10.1 Å². The van der Waals surface area contributed by atoms with E-state index in [1.54, 1.807) is 11.6 Å². The van der Waals surface area contributed by atoms with Gasteiger partial charge in [0.15, 0.2) is 0 Å². The van der Waals surface area contributed by atoms with Crippen LogP contribution in [0, 0.1) is 10.1 Å². The minimum absolute atomic E-state index is 0.0545. The van der Waals surface area contributed by atoms with E-state index in [2.05, 4.69) is 20.3 Å². The van der Waals surface area contributed by atoms with Gasteiger partial charge in [-0.1, -0.05) is 11.6 Å². The molecule has 20 heavy (non-hydrogen) atoms. The third-order valence-corrected chi connectivity index (χ3v) is 3.62. The third kappa shape index (κ3) is 2.26. The number of benzene rings is 1. The predicted molar refractivity (Wildman–Crippen MR) is 76.6 cm³/mol. The van der Waals surface area contributed by atoms with Gasteiger partial charge in [0.2, 0.25) is 11.0 Å². The molecule has 2 aromatic heterocycles. The molecular formula is C11H6ClN5O2S. The lowest BCUT2D eigenvalue weighted by Gasteiger charge is -2.06. The Labute approximate surface area is 121 Å². The van der Waals surface area contributed by atoms with E-state index >= 15 is 0 Å². The number of anilines is 2. The largest absolute Gasteiger partial charge is 0.348 e. The third-order valence-electron chi connectivity index (χ3n) is 2.55. The quantitative estimate of drug-likeness (QED) is 0.453. The second kappa shape index (κ2) is 4.99. The van der Waals surface area contributed by atoms with Crippen molar-refractivity contribution in [3.8, 4) is 0 Å².